The van der Waals surface area contributed by atoms with E-state index in [1.54, 1.807) is 0 Å². The number of benzene rings is 1. The SMILES string of the molecule is CCNc1ncnc(Nc2c(Cl)cc(F)cc2Cl)c1C. The lowest BCUT2D eigenvalue weighted by molar-refractivity contribution is 0.628. The quantitative estimate of drug-likeness (QED) is 0.877. The monoisotopic (exact) mass is 314 g/mol. The highest BCUT2D eigenvalue weighted by Crippen LogP contribution is 2.34. The second-order valence-corrected chi connectivity index (χ2v) is 4.91. The highest BCUT2D eigenvalue weighted by atomic mass is 35.5. The van der Waals surface area contributed by atoms with Crippen LogP contribution in [0.25, 0.3) is 0 Å². The van der Waals surface area contributed by atoms with Gasteiger partial charge in [0.15, 0.2) is 0 Å². The van der Waals surface area contributed by atoms with Crippen LogP contribution in [0.2, 0.25) is 10.0 Å². The Morgan fingerprint density at radius 3 is 2.35 bits per heavy atom. The molecule has 0 spiro atoms. The Balaban J connectivity index is 2.38. The summed E-state index contributed by atoms with van der Waals surface area (Å²) in [5, 5.41) is 6.52. The van der Waals surface area contributed by atoms with Crippen LogP contribution in [0.15, 0.2) is 18.5 Å². The van der Waals surface area contributed by atoms with Crippen molar-refractivity contribution in [2.75, 3.05) is 17.2 Å². The molecule has 0 aliphatic carbocycles. The van der Waals surface area contributed by atoms with Gasteiger partial charge in [-0.25, -0.2) is 14.4 Å². The standard InChI is InChI=1S/C13H13Cl2FN4/c1-3-17-12-7(2)13(19-6-18-12)20-11-9(14)4-8(16)5-10(11)15/h4-6H,3H2,1-2H3,(H2,17,18,19,20). The zero-order valence-electron chi connectivity index (χ0n) is 11.0. The van der Waals surface area contributed by atoms with E-state index >= 15 is 0 Å². The van der Waals surface area contributed by atoms with Crippen LogP contribution in [0.5, 0.6) is 0 Å². The zero-order valence-corrected chi connectivity index (χ0v) is 12.5. The first-order chi connectivity index (χ1) is 9.52. The lowest BCUT2D eigenvalue weighted by atomic mass is 10.2. The Labute approximate surface area is 126 Å². The van der Waals surface area contributed by atoms with Gasteiger partial charge in [0.25, 0.3) is 0 Å². The molecule has 0 radical (unpaired) electrons. The molecule has 7 heteroatoms. The van der Waals surface area contributed by atoms with Gasteiger partial charge in [0, 0.05) is 12.1 Å². The fraction of sp³-hybridized carbons (Fsp3) is 0.231. The van der Waals surface area contributed by atoms with Crippen molar-refractivity contribution in [2.45, 2.75) is 13.8 Å². The minimum absolute atomic E-state index is 0.193. The van der Waals surface area contributed by atoms with E-state index in [2.05, 4.69) is 20.6 Å². The minimum Gasteiger partial charge on any atom is -0.370 e. The lowest BCUT2D eigenvalue weighted by Crippen LogP contribution is -2.06. The van der Waals surface area contributed by atoms with Gasteiger partial charge in [-0.05, 0) is 26.0 Å². The molecule has 0 saturated carbocycles. The largest absolute Gasteiger partial charge is 0.370 e. The molecule has 0 unspecified atom stereocenters. The minimum atomic E-state index is -0.488. The van der Waals surface area contributed by atoms with E-state index in [0.717, 1.165) is 17.9 Å². The normalized spacial score (nSPS) is 10.4. The molecule has 0 aliphatic heterocycles. The van der Waals surface area contributed by atoms with Gasteiger partial charge in [0.05, 0.1) is 15.7 Å². The summed E-state index contributed by atoms with van der Waals surface area (Å²) < 4.78 is 13.2. The first-order valence-corrected chi connectivity index (χ1v) is 6.75. The van der Waals surface area contributed by atoms with Crippen LogP contribution in [-0.2, 0) is 0 Å². The van der Waals surface area contributed by atoms with Gasteiger partial charge in [-0.1, -0.05) is 23.2 Å². The van der Waals surface area contributed by atoms with Gasteiger partial charge >= 0.3 is 0 Å². The Bertz CT molecular complexity index is 611. The summed E-state index contributed by atoms with van der Waals surface area (Å²) in [6.07, 6.45) is 1.43. The molecular weight excluding hydrogens is 302 g/mol. The molecule has 0 saturated heterocycles. The fourth-order valence-electron chi connectivity index (χ4n) is 1.70. The van der Waals surface area contributed by atoms with Crippen LogP contribution in [-0.4, -0.2) is 16.5 Å². The van der Waals surface area contributed by atoms with Crippen LogP contribution in [0, 0.1) is 12.7 Å². The van der Waals surface area contributed by atoms with Crippen molar-refractivity contribution in [3.8, 4) is 0 Å². The molecule has 20 heavy (non-hydrogen) atoms. The van der Waals surface area contributed by atoms with Crippen molar-refractivity contribution in [1.82, 2.24) is 9.97 Å². The van der Waals surface area contributed by atoms with Gasteiger partial charge in [-0.15, -0.1) is 0 Å². The molecule has 0 aliphatic rings. The molecule has 0 amide bonds. The average Bonchev–Trinajstić information content (AvgIpc) is 2.38. The molecule has 1 heterocycles. The first-order valence-electron chi connectivity index (χ1n) is 6.00. The van der Waals surface area contributed by atoms with Crippen molar-refractivity contribution >= 4 is 40.5 Å². The molecule has 0 bridgehead atoms. The van der Waals surface area contributed by atoms with Gasteiger partial charge in [0.2, 0.25) is 0 Å². The third-order valence-electron chi connectivity index (χ3n) is 2.68. The predicted molar refractivity (Wildman–Crippen MR) is 80.6 cm³/mol. The number of nitrogens with one attached hydrogen (secondary N) is 2. The van der Waals surface area contributed by atoms with E-state index in [-0.39, 0.29) is 10.0 Å². The summed E-state index contributed by atoms with van der Waals surface area (Å²) in [6, 6.07) is 2.38. The molecule has 1 aromatic carbocycles. The number of rotatable bonds is 4. The predicted octanol–water partition coefficient (Wildman–Crippen LogP) is 4.41. The third-order valence-corrected chi connectivity index (χ3v) is 3.27. The van der Waals surface area contributed by atoms with Gasteiger partial charge < -0.3 is 10.6 Å². The number of halogens is 3. The number of hydrogen-bond acceptors (Lipinski definition) is 4. The van der Waals surface area contributed by atoms with E-state index in [1.165, 1.54) is 18.5 Å². The van der Waals surface area contributed by atoms with Crippen molar-refractivity contribution in [1.29, 1.82) is 0 Å². The highest BCUT2D eigenvalue weighted by Gasteiger charge is 2.12. The maximum absolute atomic E-state index is 13.2. The number of aromatic nitrogens is 2. The Hall–Kier alpha value is -1.59. The molecule has 2 rings (SSSR count). The maximum atomic E-state index is 13.2. The summed E-state index contributed by atoms with van der Waals surface area (Å²) in [6.45, 7) is 4.59. The maximum Gasteiger partial charge on any atom is 0.138 e. The summed E-state index contributed by atoms with van der Waals surface area (Å²) in [5.74, 6) is 0.795. The summed E-state index contributed by atoms with van der Waals surface area (Å²) in [5.41, 5.74) is 1.24. The molecule has 106 valence electrons. The van der Waals surface area contributed by atoms with Crippen molar-refractivity contribution in [2.24, 2.45) is 0 Å². The lowest BCUT2D eigenvalue weighted by Gasteiger charge is -2.14. The van der Waals surface area contributed by atoms with E-state index in [4.69, 9.17) is 23.2 Å². The van der Waals surface area contributed by atoms with Crippen molar-refractivity contribution < 1.29 is 4.39 Å². The van der Waals surface area contributed by atoms with Crippen LogP contribution in [0.1, 0.15) is 12.5 Å². The Morgan fingerprint density at radius 2 is 1.75 bits per heavy atom. The smallest absolute Gasteiger partial charge is 0.138 e. The Kier molecular flexibility index (Phi) is 4.62. The van der Waals surface area contributed by atoms with Gasteiger partial charge in [-0.3, -0.25) is 0 Å². The first kappa shape index (κ1) is 14.8. The highest BCUT2D eigenvalue weighted by molar-refractivity contribution is 6.39. The van der Waals surface area contributed by atoms with Crippen LogP contribution >= 0.6 is 23.2 Å². The van der Waals surface area contributed by atoms with E-state index < -0.39 is 5.82 Å². The third kappa shape index (κ3) is 3.11. The molecule has 2 N–H and O–H groups in total. The van der Waals surface area contributed by atoms with Crippen LogP contribution < -0.4 is 10.6 Å². The molecular formula is C13H13Cl2FN4. The molecule has 0 atom stereocenters. The van der Waals surface area contributed by atoms with E-state index in [1.807, 2.05) is 13.8 Å². The number of hydrogen-bond donors (Lipinski definition) is 2. The van der Waals surface area contributed by atoms with Crippen LogP contribution in [0.3, 0.4) is 0 Å². The number of nitrogens with zero attached hydrogens (tertiary/aromatic N) is 2. The van der Waals surface area contributed by atoms with Gasteiger partial charge in [0.1, 0.15) is 23.8 Å². The summed E-state index contributed by atoms with van der Waals surface area (Å²) in [4.78, 5) is 8.29. The van der Waals surface area contributed by atoms with E-state index in [9.17, 15) is 4.39 Å². The average molecular weight is 315 g/mol. The van der Waals surface area contributed by atoms with Gasteiger partial charge in [-0.2, -0.15) is 0 Å². The summed E-state index contributed by atoms with van der Waals surface area (Å²) in [7, 11) is 0. The molecule has 0 fully saturated rings. The van der Waals surface area contributed by atoms with E-state index in [0.29, 0.717) is 11.5 Å². The van der Waals surface area contributed by atoms with Crippen molar-refractivity contribution in [3.05, 3.63) is 39.9 Å². The number of anilines is 3. The topological polar surface area (TPSA) is 49.8 Å². The fourth-order valence-corrected chi connectivity index (χ4v) is 2.26. The molecule has 2 aromatic rings. The second kappa shape index (κ2) is 6.24. The zero-order chi connectivity index (χ0) is 14.7. The molecule has 4 nitrogen and oxygen atoms in total. The second-order valence-electron chi connectivity index (χ2n) is 4.10. The summed E-state index contributed by atoms with van der Waals surface area (Å²) >= 11 is 12.0. The van der Waals surface area contributed by atoms with Crippen molar-refractivity contribution in [3.63, 3.8) is 0 Å². The van der Waals surface area contributed by atoms with Crippen LogP contribution in [0.4, 0.5) is 21.7 Å². The molecule has 1 aromatic heterocycles. The Morgan fingerprint density at radius 1 is 1.15 bits per heavy atom.